The predicted octanol–water partition coefficient (Wildman–Crippen LogP) is 1.65. The summed E-state index contributed by atoms with van der Waals surface area (Å²) in [6.07, 6.45) is 0. The first-order valence-electron chi connectivity index (χ1n) is 4.72. The molecule has 0 radical (unpaired) electrons. The summed E-state index contributed by atoms with van der Waals surface area (Å²) >= 11 is 5.73. The van der Waals surface area contributed by atoms with E-state index in [0.29, 0.717) is 11.6 Å². The van der Waals surface area contributed by atoms with E-state index >= 15 is 0 Å². The second kappa shape index (κ2) is 5.63. The van der Waals surface area contributed by atoms with Gasteiger partial charge in [-0.2, -0.15) is 0 Å². The number of sulfonamides is 1. The summed E-state index contributed by atoms with van der Waals surface area (Å²) in [7, 11) is -2.00. The molecule has 90 valence electrons. The highest BCUT2D eigenvalue weighted by atomic mass is 35.5. The van der Waals surface area contributed by atoms with Gasteiger partial charge in [0.15, 0.2) is 0 Å². The van der Waals surface area contributed by atoms with Crippen molar-refractivity contribution in [2.24, 2.45) is 0 Å². The van der Waals surface area contributed by atoms with Crippen molar-refractivity contribution < 1.29 is 13.2 Å². The largest absolute Gasteiger partial charge is 0.383 e. The van der Waals surface area contributed by atoms with Crippen LogP contribution in [0.2, 0.25) is 5.02 Å². The van der Waals surface area contributed by atoms with Crippen LogP contribution < -0.4 is 4.72 Å². The van der Waals surface area contributed by atoms with E-state index in [1.54, 1.807) is 19.1 Å². The maximum atomic E-state index is 11.8. The maximum absolute atomic E-state index is 11.8. The summed E-state index contributed by atoms with van der Waals surface area (Å²) in [4.78, 5) is 0.156. The predicted molar refractivity (Wildman–Crippen MR) is 63.1 cm³/mol. The van der Waals surface area contributed by atoms with E-state index in [4.69, 9.17) is 16.3 Å². The van der Waals surface area contributed by atoms with Gasteiger partial charge in [0.05, 0.1) is 11.5 Å². The fourth-order valence-corrected chi connectivity index (χ4v) is 2.78. The van der Waals surface area contributed by atoms with Gasteiger partial charge in [0.25, 0.3) is 0 Å². The standard InChI is InChI=1S/C10H14ClNO3S/c1-8(7-15-2)12-16(13,14)10-5-3-4-9(11)6-10/h3-6,8,12H,7H2,1-2H3/t8-/m0/s1. The third kappa shape index (κ3) is 3.75. The average molecular weight is 264 g/mol. The van der Waals surface area contributed by atoms with Crippen molar-refractivity contribution in [1.82, 2.24) is 4.72 Å². The van der Waals surface area contributed by atoms with Crippen molar-refractivity contribution in [3.63, 3.8) is 0 Å². The van der Waals surface area contributed by atoms with E-state index in [2.05, 4.69) is 4.72 Å². The van der Waals surface area contributed by atoms with Crippen LogP contribution in [0.1, 0.15) is 6.92 Å². The van der Waals surface area contributed by atoms with Crippen molar-refractivity contribution in [3.8, 4) is 0 Å². The zero-order valence-electron chi connectivity index (χ0n) is 9.10. The fraction of sp³-hybridized carbons (Fsp3) is 0.400. The highest BCUT2D eigenvalue weighted by Gasteiger charge is 2.17. The lowest BCUT2D eigenvalue weighted by molar-refractivity contribution is 0.180. The molecule has 0 saturated carbocycles. The average Bonchev–Trinajstić information content (AvgIpc) is 2.17. The summed E-state index contributed by atoms with van der Waals surface area (Å²) in [5.41, 5.74) is 0. The molecule has 1 N–H and O–H groups in total. The first-order valence-corrected chi connectivity index (χ1v) is 6.58. The molecule has 0 spiro atoms. The number of ether oxygens (including phenoxy) is 1. The van der Waals surface area contributed by atoms with E-state index < -0.39 is 10.0 Å². The van der Waals surface area contributed by atoms with Crippen LogP contribution in [0, 0.1) is 0 Å². The summed E-state index contributed by atoms with van der Waals surface area (Å²) in [6.45, 7) is 2.05. The second-order valence-electron chi connectivity index (χ2n) is 3.44. The van der Waals surface area contributed by atoms with Gasteiger partial charge in [-0.15, -0.1) is 0 Å². The molecule has 1 aromatic carbocycles. The van der Waals surface area contributed by atoms with Crippen molar-refractivity contribution in [1.29, 1.82) is 0 Å². The fourth-order valence-electron chi connectivity index (χ4n) is 1.25. The monoisotopic (exact) mass is 263 g/mol. The molecule has 0 heterocycles. The summed E-state index contributed by atoms with van der Waals surface area (Å²) in [5.74, 6) is 0. The zero-order chi connectivity index (χ0) is 12.2. The van der Waals surface area contributed by atoms with Crippen LogP contribution in [-0.4, -0.2) is 28.2 Å². The quantitative estimate of drug-likeness (QED) is 0.879. The Kier molecular flexibility index (Phi) is 4.73. The number of rotatable bonds is 5. The molecule has 0 amide bonds. The number of nitrogens with one attached hydrogen (secondary N) is 1. The lowest BCUT2D eigenvalue weighted by atomic mass is 10.4. The molecule has 16 heavy (non-hydrogen) atoms. The Morgan fingerprint density at radius 2 is 2.19 bits per heavy atom. The van der Waals surface area contributed by atoms with Gasteiger partial charge in [-0.25, -0.2) is 13.1 Å². The Bertz CT molecular complexity index is 447. The van der Waals surface area contributed by atoms with E-state index in [1.807, 2.05) is 0 Å². The lowest BCUT2D eigenvalue weighted by Gasteiger charge is -2.13. The molecule has 0 saturated heterocycles. The van der Waals surface area contributed by atoms with Crippen LogP contribution in [0.25, 0.3) is 0 Å². The number of hydrogen-bond donors (Lipinski definition) is 1. The minimum atomic E-state index is -3.52. The van der Waals surface area contributed by atoms with Crippen molar-refractivity contribution in [2.45, 2.75) is 17.9 Å². The molecule has 0 unspecified atom stereocenters. The van der Waals surface area contributed by atoms with Gasteiger partial charge in [0.1, 0.15) is 0 Å². The molecule has 0 bridgehead atoms. The Balaban J connectivity index is 2.86. The third-order valence-corrected chi connectivity index (χ3v) is 3.70. The number of hydrogen-bond acceptors (Lipinski definition) is 3. The smallest absolute Gasteiger partial charge is 0.240 e. The molecule has 0 fully saturated rings. The minimum Gasteiger partial charge on any atom is -0.383 e. The van der Waals surface area contributed by atoms with Crippen molar-refractivity contribution in [3.05, 3.63) is 29.3 Å². The van der Waals surface area contributed by atoms with E-state index in [1.165, 1.54) is 19.2 Å². The Hall–Kier alpha value is -0.620. The lowest BCUT2D eigenvalue weighted by Crippen LogP contribution is -2.35. The first-order chi connectivity index (χ1) is 7.45. The van der Waals surface area contributed by atoms with Gasteiger partial charge in [-0.1, -0.05) is 17.7 Å². The number of methoxy groups -OCH3 is 1. The molecule has 4 nitrogen and oxygen atoms in total. The Labute approximate surface area is 101 Å². The van der Waals surface area contributed by atoms with Crippen LogP contribution in [0.15, 0.2) is 29.2 Å². The van der Waals surface area contributed by atoms with E-state index in [-0.39, 0.29) is 10.9 Å². The minimum absolute atomic E-state index is 0.156. The molecule has 6 heteroatoms. The number of benzene rings is 1. The van der Waals surface area contributed by atoms with Crippen LogP contribution in [0.4, 0.5) is 0 Å². The molecule has 0 aliphatic carbocycles. The van der Waals surface area contributed by atoms with Crippen LogP contribution in [0.3, 0.4) is 0 Å². The van der Waals surface area contributed by atoms with E-state index in [0.717, 1.165) is 0 Å². The van der Waals surface area contributed by atoms with Gasteiger partial charge < -0.3 is 4.74 Å². The van der Waals surface area contributed by atoms with E-state index in [9.17, 15) is 8.42 Å². The van der Waals surface area contributed by atoms with Crippen LogP contribution in [-0.2, 0) is 14.8 Å². The SMILES string of the molecule is COC[C@H](C)NS(=O)(=O)c1cccc(Cl)c1. The molecular weight excluding hydrogens is 250 g/mol. The van der Waals surface area contributed by atoms with Gasteiger partial charge in [-0.05, 0) is 25.1 Å². The zero-order valence-corrected chi connectivity index (χ0v) is 10.7. The van der Waals surface area contributed by atoms with Gasteiger partial charge >= 0.3 is 0 Å². The molecular formula is C10H14ClNO3S. The van der Waals surface area contributed by atoms with Crippen molar-refractivity contribution in [2.75, 3.05) is 13.7 Å². The maximum Gasteiger partial charge on any atom is 0.240 e. The number of halogens is 1. The Morgan fingerprint density at radius 1 is 1.50 bits per heavy atom. The van der Waals surface area contributed by atoms with Gasteiger partial charge in [0, 0.05) is 18.2 Å². The molecule has 1 atom stereocenters. The molecule has 1 rings (SSSR count). The normalized spacial score (nSPS) is 13.7. The third-order valence-electron chi connectivity index (χ3n) is 1.88. The Morgan fingerprint density at radius 3 is 2.75 bits per heavy atom. The summed E-state index contributed by atoms with van der Waals surface area (Å²) < 4.78 is 31.0. The van der Waals surface area contributed by atoms with Gasteiger partial charge in [-0.3, -0.25) is 0 Å². The van der Waals surface area contributed by atoms with Gasteiger partial charge in [0.2, 0.25) is 10.0 Å². The highest BCUT2D eigenvalue weighted by Crippen LogP contribution is 2.15. The summed E-state index contributed by atoms with van der Waals surface area (Å²) in [6, 6.07) is 5.84. The second-order valence-corrected chi connectivity index (χ2v) is 5.59. The van der Waals surface area contributed by atoms with Crippen LogP contribution >= 0.6 is 11.6 Å². The molecule has 1 aromatic rings. The summed E-state index contributed by atoms with van der Waals surface area (Å²) in [5, 5.41) is 0.391. The molecule has 0 aliphatic heterocycles. The van der Waals surface area contributed by atoms with Crippen molar-refractivity contribution >= 4 is 21.6 Å². The molecule has 0 aliphatic rings. The molecule has 0 aromatic heterocycles. The van der Waals surface area contributed by atoms with Crippen LogP contribution in [0.5, 0.6) is 0 Å². The highest BCUT2D eigenvalue weighted by molar-refractivity contribution is 7.89. The topological polar surface area (TPSA) is 55.4 Å². The first kappa shape index (κ1) is 13.4.